The van der Waals surface area contributed by atoms with Crippen molar-refractivity contribution in [3.8, 4) is 11.1 Å². The molecule has 4 rings (SSSR count). The molecule has 0 aromatic heterocycles. The molecule has 208 valence electrons. The Balaban J connectivity index is 1.88. The van der Waals surface area contributed by atoms with Crippen LogP contribution in [0.3, 0.4) is 0 Å². The Morgan fingerprint density at radius 1 is 0.850 bits per heavy atom. The van der Waals surface area contributed by atoms with Crippen molar-refractivity contribution in [2.45, 2.75) is 38.8 Å². The second-order valence-electron chi connectivity index (χ2n) is 9.42. The van der Waals surface area contributed by atoms with Crippen molar-refractivity contribution in [3.05, 3.63) is 76.9 Å². The van der Waals surface area contributed by atoms with Gasteiger partial charge in [0, 0.05) is 16.5 Å². The van der Waals surface area contributed by atoms with Crippen molar-refractivity contribution in [2.75, 3.05) is 11.1 Å². The summed E-state index contributed by atoms with van der Waals surface area (Å²) in [6, 6.07) is 14.0. The average Bonchev–Trinajstić information content (AvgIpc) is 2.85. The van der Waals surface area contributed by atoms with Gasteiger partial charge >= 0.3 is 12.1 Å². The molecule has 0 fully saturated rings. The predicted octanol–water partition coefficient (Wildman–Crippen LogP) is 7.49. The van der Waals surface area contributed by atoms with E-state index in [0.29, 0.717) is 22.5 Å². The van der Waals surface area contributed by atoms with Gasteiger partial charge in [-0.25, -0.2) is 0 Å². The molecule has 0 aliphatic heterocycles. The summed E-state index contributed by atoms with van der Waals surface area (Å²) in [4.78, 5) is 11.3. The number of halogens is 3. The van der Waals surface area contributed by atoms with Gasteiger partial charge in [-0.15, -0.1) is 10.2 Å². The summed E-state index contributed by atoms with van der Waals surface area (Å²) in [5, 5.41) is 9.86. The molecule has 0 bridgehead atoms. The molecule has 0 atom stereocenters. The lowest BCUT2D eigenvalue weighted by molar-refractivity contribution is -0.167. The Labute approximate surface area is 228 Å². The fraction of sp³-hybridized carbons (Fsp3) is 0.179. The number of carbonyl (C=O) groups excluding carboxylic acids is 1. The van der Waals surface area contributed by atoms with Crippen LogP contribution in [0.1, 0.15) is 22.3 Å². The van der Waals surface area contributed by atoms with Crippen LogP contribution in [0.25, 0.3) is 21.9 Å². The van der Waals surface area contributed by atoms with Crippen LogP contribution in [0.15, 0.2) is 69.7 Å². The van der Waals surface area contributed by atoms with Crippen LogP contribution in [-0.2, 0) is 14.9 Å². The Hall–Kier alpha value is -4.29. The Morgan fingerprint density at radius 3 is 1.85 bits per heavy atom. The van der Waals surface area contributed by atoms with Crippen molar-refractivity contribution >= 4 is 49.5 Å². The number of anilines is 2. The molecule has 8 nitrogen and oxygen atoms in total. The standard InChI is InChI=1S/C28H25F3N4O4S/c1-14-9-18(10-15(2)24(14)32)19-11-16(3)25(17(4)12-19)35-34-22-13-23(40(37,38)39)20-7-5-6-8-21(20)26(22)33-27(36)28(29,30)31/h5-13H,32H2,1-4H3,(H,33,36)(H,37,38,39)/b35-34+. The normalized spacial score (nSPS) is 12.3. The van der Waals surface area contributed by atoms with Crippen molar-refractivity contribution in [1.29, 1.82) is 0 Å². The number of amides is 1. The Bertz CT molecular complexity index is 1770. The highest BCUT2D eigenvalue weighted by molar-refractivity contribution is 7.86. The maximum absolute atomic E-state index is 13.1. The zero-order chi connectivity index (χ0) is 29.6. The van der Waals surface area contributed by atoms with Gasteiger partial charge in [0.05, 0.1) is 11.4 Å². The topological polar surface area (TPSA) is 134 Å². The van der Waals surface area contributed by atoms with Crippen LogP contribution in [0.4, 0.5) is 35.9 Å². The number of benzene rings is 4. The van der Waals surface area contributed by atoms with Gasteiger partial charge in [-0.05, 0) is 91.4 Å². The van der Waals surface area contributed by atoms with Gasteiger partial charge in [0.25, 0.3) is 10.1 Å². The van der Waals surface area contributed by atoms with Crippen LogP contribution < -0.4 is 11.1 Å². The third-order valence-corrected chi connectivity index (χ3v) is 7.33. The monoisotopic (exact) mass is 570 g/mol. The SMILES string of the molecule is Cc1cc(-c2cc(C)c(/N=N/c3cc(S(=O)(=O)O)c4ccccc4c3NC(=O)C(F)(F)F)c(C)c2)cc(C)c1N. The molecule has 0 aliphatic rings. The lowest BCUT2D eigenvalue weighted by atomic mass is 9.95. The number of fused-ring (bicyclic) bond motifs is 1. The largest absolute Gasteiger partial charge is 0.471 e. The number of nitrogen functional groups attached to an aromatic ring is 1. The van der Waals surface area contributed by atoms with Crippen LogP contribution in [-0.4, -0.2) is 25.1 Å². The van der Waals surface area contributed by atoms with Crippen molar-refractivity contribution in [2.24, 2.45) is 10.2 Å². The zero-order valence-corrected chi connectivity index (χ0v) is 22.7. The second kappa shape index (κ2) is 10.4. The van der Waals surface area contributed by atoms with Gasteiger partial charge in [-0.2, -0.15) is 21.6 Å². The number of hydrogen-bond acceptors (Lipinski definition) is 6. The highest BCUT2D eigenvalue weighted by Crippen LogP contribution is 2.40. The van der Waals surface area contributed by atoms with Crippen LogP contribution in [0.5, 0.6) is 0 Å². The van der Waals surface area contributed by atoms with E-state index in [0.717, 1.165) is 28.3 Å². The number of nitrogens with zero attached hydrogens (tertiary/aromatic N) is 2. The minimum atomic E-state index is -5.22. The molecule has 4 aromatic carbocycles. The highest BCUT2D eigenvalue weighted by Gasteiger charge is 2.39. The fourth-order valence-corrected chi connectivity index (χ4v) is 5.18. The number of azo groups is 1. The van der Waals surface area contributed by atoms with Crippen LogP contribution in [0.2, 0.25) is 0 Å². The molecule has 0 saturated heterocycles. The maximum Gasteiger partial charge on any atom is 0.471 e. The molecule has 12 heteroatoms. The van der Waals surface area contributed by atoms with E-state index in [-0.39, 0.29) is 10.8 Å². The average molecular weight is 571 g/mol. The Kier molecular flexibility index (Phi) is 7.43. The number of aryl methyl sites for hydroxylation is 4. The summed E-state index contributed by atoms with van der Waals surface area (Å²) in [5.74, 6) is -2.28. The number of alkyl halides is 3. The minimum absolute atomic E-state index is 0.0814. The third-order valence-electron chi connectivity index (χ3n) is 6.44. The Morgan fingerprint density at radius 2 is 1.35 bits per heavy atom. The highest BCUT2D eigenvalue weighted by atomic mass is 32.2. The fourth-order valence-electron chi connectivity index (χ4n) is 4.46. The molecule has 0 spiro atoms. The third kappa shape index (κ3) is 5.68. The van der Waals surface area contributed by atoms with Crippen molar-refractivity contribution < 1.29 is 30.9 Å². The number of hydrogen-bond donors (Lipinski definition) is 3. The number of carbonyl (C=O) groups is 1. The second-order valence-corrected chi connectivity index (χ2v) is 10.8. The van der Waals surface area contributed by atoms with Gasteiger partial charge in [-0.1, -0.05) is 24.3 Å². The van der Waals surface area contributed by atoms with E-state index in [9.17, 15) is 30.9 Å². The summed E-state index contributed by atoms with van der Waals surface area (Å²) in [5.41, 5.74) is 11.4. The van der Waals surface area contributed by atoms with E-state index >= 15 is 0 Å². The van der Waals surface area contributed by atoms with Crippen molar-refractivity contribution in [3.63, 3.8) is 0 Å². The molecule has 4 N–H and O–H groups in total. The molecular weight excluding hydrogens is 545 g/mol. The number of rotatable bonds is 5. The van der Waals surface area contributed by atoms with E-state index < -0.39 is 38.5 Å². The molecule has 1 amide bonds. The van der Waals surface area contributed by atoms with Crippen LogP contribution in [0, 0.1) is 27.7 Å². The molecular formula is C28H25F3N4O4S. The zero-order valence-electron chi connectivity index (χ0n) is 21.9. The van der Waals surface area contributed by atoms with E-state index in [1.807, 2.05) is 38.1 Å². The predicted molar refractivity (Wildman–Crippen MR) is 148 cm³/mol. The van der Waals surface area contributed by atoms with Gasteiger partial charge in [0.2, 0.25) is 0 Å². The van der Waals surface area contributed by atoms with E-state index in [4.69, 9.17) is 5.73 Å². The number of nitrogens with one attached hydrogen (secondary N) is 1. The van der Waals surface area contributed by atoms with Crippen molar-refractivity contribution in [1.82, 2.24) is 0 Å². The lowest BCUT2D eigenvalue weighted by Crippen LogP contribution is -2.30. The maximum atomic E-state index is 13.1. The smallest absolute Gasteiger partial charge is 0.398 e. The van der Waals surface area contributed by atoms with Gasteiger partial charge in [0.15, 0.2) is 0 Å². The summed E-state index contributed by atoms with van der Waals surface area (Å²) >= 11 is 0. The molecule has 0 unspecified atom stereocenters. The van der Waals surface area contributed by atoms with E-state index in [1.54, 1.807) is 19.2 Å². The molecule has 40 heavy (non-hydrogen) atoms. The number of nitrogens with two attached hydrogens (primary N) is 1. The first kappa shape index (κ1) is 28.7. The summed E-state index contributed by atoms with van der Waals surface area (Å²) in [6.07, 6.45) is -5.22. The first-order valence-corrected chi connectivity index (χ1v) is 13.3. The summed E-state index contributed by atoms with van der Waals surface area (Å²) in [7, 11) is -4.82. The molecule has 4 aromatic rings. The van der Waals surface area contributed by atoms with Gasteiger partial charge in [-0.3, -0.25) is 9.35 Å². The molecule has 0 aliphatic carbocycles. The lowest BCUT2D eigenvalue weighted by Gasteiger charge is -2.15. The van der Waals surface area contributed by atoms with Gasteiger partial charge < -0.3 is 11.1 Å². The van der Waals surface area contributed by atoms with Crippen LogP contribution >= 0.6 is 0 Å². The molecule has 0 saturated carbocycles. The first-order chi connectivity index (χ1) is 18.6. The van der Waals surface area contributed by atoms with E-state index in [2.05, 4.69) is 10.2 Å². The van der Waals surface area contributed by atoms with E-state index in [1.165, 1.54) is 24.3 Å². The summed E-state index contributed by atoms with van der Waals surface area (Å²) < 4.78 is 73.5. The molecule has 0 radical (unpaired) electrons. The quantitative estimate of drug-likeness (QED) is 0.130. The van der Waals surface area contributed by atoms with Gasteiger partial charge in [0.1, 0.15) is 10.6 Å². The first-order valence-electron chi connectivity index (χ1n) is 11.9. The summed E-state index contributed by atoms with van der Waals surface area (Å²) in [6.45, 7) is 7.37. The minimum Gasteiger partial charge on any atom is -0.398 e. The molecule has 0 heterocycles.